The van der Waals surface area contributed by atoms with Gasteiger partial charge in [-0.1, -0.05) is 47.5 Å². The number of nitrogens with one attached hydrogen (secondary N) is 2. The van der Waals surface area contributed by atoms with Gasteiger partial charge in [-0.25, -0.2) is 8.42 Å². The summed E-state index contributed by atoms with van der Waals surface area (Å²) < 4.78 is 33.4. The third-order valence-corrected chi connectivity index (χ3v) is 6.03. The molecule has 0 bridgehead atoms. The second-order valence-electron chi connectivity index (χ2n) is 6.26. The van der Waals surface area contributed by atoms with Crippen LogP contribution >= 0.6 is 23.2 Å². The number of rotatable bonds is 7. The van der Waals surface area contributed by atoms with Crippen LogP contribution in [0.5, 0.6) is 5.75 Å². The number of carbonyl (C=O) groups is 1. The number of anilines is 1. The van der Waals surface area contributed by atoms with Crippen molar-refractivity contribution < 1.29 is 17.9 Å². The van der Waals surface area contributed by atoms with Crippen molar-refractivity contribution in [2.45, 2.75) is 11.4 Å². The van der Waals surface area contributed by atoms with E-state index in [9.17, 15) is 13.2 Å². The molecule has 0 radical (unpaired) electrons. The van der Waals surface area contributed by atoms with Gasteiger partial charge >= 0.3 is 0 Å². The van der Waals surface area contributed by atoms with Crippen molar-refractivity contribution in [2.75, 3.05) is 11.8 Å². The number of hydrogen-bond acceptors (Lipinski definition) is 4. The van der Waals surface area contributed by atoms with Crippen LogP contribution < -0.4 is 14.8 Å². The summed E-state index contributed by atoms with van der Waals surface area (Å²) in [4.78, 5) is 12.6. The van der Waals surface area contributed by atoms with Crippen molar-refractivity contribution in [3.8, 4) is 5.75 Å². The van der Waals surface area contributed by atoms with Gasteiger partial charge in [-0.15, -0.1) is 0 Å². The van der Waals surface area contributed by atoms with Crippen LogP contribution in [0.2, 0.25) is 10.0 Å². The molecule has 1 amide bonds. The zero-order valence-corrected chi connectivity index (χ0v) is 18.2. The van der Waals surface area contributed by atoms with Crippen LogP contribution in [0.15, 0.2) is 71.6 Å². The molecule has 0 aliphatic rings. The van der Waals surface area contributed by atoms with E-state index in [1.165, 1.54) is 37.4 Å². The molecular formula is C21H18Cl2N2O4S. The predicted octanol–water partition coefficient (Wildman–Crippen LogP) is 4.73. The van der Waals surface area contributed by atoms with E-state index in [4.69, 9.17) is 27.9 Å². The van der Waals surface area contributed by atoms with E-state index in [1.807, 2.05) is 6.07 Å². The molecule has 3 aromatic carbocycles. The van der Waals surface area contributed by atoms with Crippen molar-refractivity contribution in [1.82, 2.24) is 5.32 Å². The fourth-order valence-corrected chi connectivity index (χ4v) is 4.48. The number of methoxy groups -OCH3 is 1. The fraction of sp³-hybridized carbons (Fsp3) is 0.0952. The zero-order chi connectivity index (χ0) is 21.7. The highest BCUT2D eigenvalue weighted by Crippen LogP contribution is 2.29. The fourth-order valence-electron chi connectivity index (χ4n) is 2.75. The lowest BCUT2D eigenvalue weighted by molar-refractivity contribution is 0.0952. The van der Waals surface area contributed by atoms with E-state index in [0.717, 1.165) is 5.56 Å². The minimum atomic E-state index is -4.06. The Kier molecular flexibility index (Phi) is 6.87. The molecule has 0 aromatic heterocycles. The van der Waals surface area contributed by atoms with Gasteiger partial charge in [-0.2, -0.15) is 0 Å². The van der Waals surface area contributed by atoms with Crippen molar-refractivity contribution in [3.63, 3.8) is 0 Å². The Morgan fingerprint density at radius 1 is 0.967 bits per heavy atom. The van der Waals surface area contributed by atoms with Crippen LogP contribution in [0.1, 0.15) is 15.9 Å². The Balaban J connectivity index is 1.84. The van der Waals surface area contributed by atoms with E-state index in [0.29, 0.717) is 5.02 Å². The summed E-state index contributed by atoms with van der Waals surface area (Å²) in [5, 5.41) is 3.56. The maximum absolute atomic E-state index is 12.9. The first-order valence-corrected chi connectivity index (χ1v) is 11.0. The topological polar surface area (TPSA) is 84.5 Å². The average molecular weight is 465 g/mol. The number of para-hydroxylation sites is 1. The Morgan fingerprint density at radius 3 is 2.43 bits per heavy atom. The Bertz CT molecular complexity index is 1180. The highest BCUT2D eigenvalue weighted by Gasteiger charge is 2.22. The standard InChI is InChI=1S/C21H18Cl2N2O4S/c1-29-19-10-9-16(23)12-20(19)30(27,28)25-18-8-3-2-7-17(18)21(26)24-13-14-5-4-6-15(22)11-14/h2-12,25H,13H2,1H3,(H,24,26). The number of sulfonamides is 1. The second kappa shape index (κ2) is 9.38. The molecular weight excluding hydrogens is 447 g/mol. The number of benzene rings is 3. The van der Waals surface area contributed by atoms with E-state index < -0.39 is 15.9 Å². The van der Waals surface area contributed by atoms with Crippen LogP contribution in [0.25, 0.3) is 0 Å². The third-order valence-electron chi connectivity index (χ3n) is 4.17. The van der Waals surface area contributed by atoms with Crippen LogP contribution in [0.4, 0.5) is 5.69 Å². The first kappa shape index (κ1) is 22.0. The highest BCUT2D eigenvalue weighted by molar-refractivity contribution is 7.92. The van der Waals surface area contributed by atoms with Gasteiger partial charge in [0.25, 0.3) is 15.9 Å². The lowest BCUT2D eigenvalue weighted by atomic mass is 10.1. The minimum absolute atomic E-state index is 0.128. The molecule has 156 valence electrons. The molecule has 0 spiro atoms. The van der Waals surface area contributed by atoms with Crippen LogP contribution in [-0.4, -0.2) is 21.4 Å². The molecule has 9 heteroatoms. The van der Waals surface area contributed by atoms with Crippen molar-refractivity contribution >= 4 is 44.8 Å². The van der Waals surface area contributed by atoms with Gasteiger partial charge in [0.2, 0.25) is 0 Å². The molecule has 0 saturated heterocycles. The molecule has 30 heavy (non-hydrogen) atoms. The average Bonchev–Trinajstić information content (AvgIpc) is 2.72. The largest absolute Gasteiger partial charge is 0.495 e. The summed E-state index contributed by atoms with van der Waals surface area (Å²) >= 11 is 11.9. The molecule has 0 fully saturated rings. The molecule has 0 heterocycles. The summed E-state index contributed by atoms with van der Waals surface area (Å²) in [6.45, 7) is 0.239. The normalized spacial score (nSPS) is 11.0. The zero-order valence-electron chi connectivity index (χ0n) is 15.9. The SMILES string of the molecule is COc1ccc(Cl)cc1S(=O)(=O)Nc1ccccc1C(=O)NCc1cccc(Cl)c1. The maximum atomic E-state index is 12.9. The number of amides is 1. The first-order chi connectivity index (χ1) is 14.3. The maximum Gasteiger partial charge on any atom is 0.265 e. The monoisotopic (exact) mass is 464 g/mol. The highest BCUT2D eigenvalue weighted by atomic mass is 35.5. The molecule has 2 N–H and O–H groups in total. The third kappa shape index (κ3) is 5.24. The molecule has 6 nitrogen and oxygen atoms in total. The predicted molar refractivity (Wildman–Crippen MR) is 118 cm³/mol. The summed E-state index contributed by atoms with van der Waals surface area (Å²) in [6.07, 6.45) is 0. The number of hydrogen-bond donors (Lipinski definition) is 2. The molecule has 0 aliphatic heterocycles. The number of halogens is 2. The lowest BCUT2D eigenvalue weighted by Gasteiger charge is -2.15. The van der Waals surface area contributed by atoms with Gasteiger partial charge in [0.15, 0.2) is 0 Å². The van der Waals surface area contributed by atoms with Gasteiger partial charge in [-0.3, -0.25) is 9.52 Å². The van der Waals surface area contributed by atoms with Gasteiger partial charge in [0.1, 0.15) is 10.6 Å². The minimum Gasteiger partial charge on any atom is -0.495 e. The summed E-state index contributed by atoms with van der Waals surface area (Å²) in [5.74, 6) is -0.305. The smallest absolute Gasteiger partial charge is 0.265 e. The first-order valence-electron chi connectivity index (χ1n) is 8.78. The molecule has 0 unspecified atom stereocenters. The molecule has 0 saturated carbocycles. The molecule has 0 aliphatic carbocycles. The summed E-state index contributed by atoms with van der Waals surface area (Å²) in [7, 11) is -2.70. The number of ether oxygens (including phenoxy) is 1. The van der Waals surface area contributed by atoms with Crippen molar-refractivity contribution in [2.24, 2.45) is 0 Å². The van der Waals surface area contributed by atoms with Gasteiger partial charge in [0, 0.05) is 16.6 Å². The Labute approximate surface area is 184 Å². The number of carbonyl (C=O) groups excluding carboxylic acids is 1. The van der Waals surface area contributed by atoms with E-state index >= 15 is 0 Å². The van der Waals surface area contributed by atoms with Gasteiger partial charge in [-0.05, 0) is 48.0 Å². The van der Waals surface area contributed by atoms with Crippen LogP contribution in [0, 0.1) is 0 Å². The van der Waals surface area contributed by atoms with E-state index in [1.54, 1.807) is 30.3 Å². The molecule has 3 aromatic rings. The van der Waals surface area contributed by atoms with E-state index in [2.05, 4.69) is 10.0 Å². The summed E-state index contributed by atoms with van der Waals surface area (Å²) in [5.41, 5.74) is 1.12. The Morgan fingerprint density at radius 2 is 1.70 bits per heavy atom. The molecule has 0 atom stereocenters. The second-order valence-corrected chi connectivity index (χ2v) is 8.78. The molecule has 3 rings (SSSR count). The van der Waals surface area contributed by atoms with Crippen LogP contribution in [-0.2, 0) is 16.6 Å². The van der Waals surface area contributed by atoms with Crippen LogP contribution in [0.3, 0.4) is 0 Å². The summed E-state index contributed by atoms with van der Waals surface area (Å²) in [6, 6.07) is 17.7. The Hall–Kier alpha value is -2.74. The van der Waals surface area contributed by atoms with E-state index in [-0.39, 0.29) is 33.5 Å². The van der Waals surface area contributed by atoms with Crippen molar-refractivity contribution in [3.05, 3.63) is 87.9 Å². The van der Waals surface area contributed by atoms with Gasteiger partial charge < -0.3 is 10.1 Å². The lowest BCUT2D eigenvalue weighted by Crippen LogP contribution is -2.25. The van der Waals surface area contributed by atoms with Crippen molar-refractivity contribution in [1.29, 1.82) is 0 Å². The van der Waals surface area contributed by atoms with Gasteiger partial charge in [0.05, 0.1) is 18.4 Å². The quantitative estimate of drug-likeness (QED) is 0.528.